The van der Waals surface area contributed by atoms with Crippen LogP contribution in [0.3, 0.4) is 0 Å². The molecular weight excluding hydrogens is 516 g/mol. The number of hydrogen-bond donors (Lipinski definition) is 2. The van der Waals surface area contributed by atoms with Gasteiger partial charge in [-0.3, -0.25) is 9.59 Å². The van der Waals surface area contributed by atoms with Gasteiger partial charge in [0.25, 0.3) is 0 Å². The Morgan fingerprint density at radius 2 is 1.93 bits per heavy atom. The molecule has 2 aliphatic rings. The first-order chi connectivity index (χ1) is 19.0. The van der Waals surface area contributed by atoms with E-state index in [1.54, 1.807) is 6.07 Å². The van der Waals surface area contributed by atoms with Crippen molar-refractivity contribution < 1.29 is 33.0 Å². The molecule has 1 saturated heterocycles. The number of hydrogen-bond acceptors (Lipinski definition) is 5. The molecule has 40 heavy (non-hydrogen) atoms. The zero-order chi connectivity index (χ0) is 28.9. The summed E-state index contributed by atoms with van der Waals surface area (Å²) in [6.45, 7) is 6.34. The van der Waals surface area contributed by atoms with E-state index in [0.29, 0.717) is 36.9 Å². The molecule has 1 aliphatic carbocycles. The topological polar surface area (TPSA) is 84.9 Å². The molecule has 3 atom stereocenters. The Hall–Kier alpha value is -3.36. The van der Waals surface area contributed by atoms with E-state index in [4.69, 9.17) is 9.47 Å². The third-order valence-corrected chi connectivity index (χ3v) is 7.48. The molecule has 2 N–H and O–H groups in total. The number of carbonyl (C=O) groups excluding carboxylic acids is 2. The first-order valence-electron chi connectivity index (χ1n) is 13.8. The monoisotopic (exact) mass is 553 g/mol. The molecule has 0 aromatic heterocycles. The van der Waals surface area contributed by atoms with Crippen LogP contribution in [0.1, 0.15) is 64.0 Å². The molecule has 0 saturated carbocycles. The van der Waals surface area contributed by atoms with Crippen LogP contribution in [-0.4, -0.2) is 41.9 Å². The molecule has 0 spiro atoms. The van der Waals surface area contributed by atoms with Crippen LogP contribution in [0.15, 0.2) is 60.2 Å². The normalized spacial score (nSPS) is 22.9. The van der Waals surface area contributed by atoms with E-state index in [2.05, 4.69) is 19.2 Å². The van der Waals surface area contributed by atoms with Crippen LogP contribution in [0, 0.1) is 17.0 Å². The number of aliphatic hydroxyl groups excluding tert-OH is 1. The van der Waals surface area contributed by atoms with Gasteiger partial charge in [0.2, 0.25) is 5.91 Å². The number of ether oxygens (including phenoxy) is 2. The number of allylic oxidation sites excluding steroid dienone is 2. The summed E-state index contributed by atoms with van der Waals surface area (Å²) in [6.07, 6.45) is 4.65. The van der Waals surface area contributed by atoms with Gasteiger partial charge in [-0.2, -0.15) is 0 Å². The van der Waals surface area contributed by atoms with Gasteiger partial charge in [-0.15, -0.1) is 0 Å². The zero-order valence-corrected chi connectivity index (χ0v) is 23.2. The van der Waals surface area contributed by atoms with Crippen LogP contribution in [0.4, 0.5) is 14.5 Å². The van der Waals surface area contributed by atoms with E-state index in [1.165, 1.54) is 30.3 Å². The molecule has 8 heteroatoms. The minimum atomic E-state index is -0.731. The van der Waals surface area contributed by atoms with Gasteiger partial charge in [0.1, 0.15) is 17.7 Å². The van der Waals surface area contributed by atoms with E-state index in [9.17, 15) is 23.5 Å². The molecule has 1 unspecified atom stereocenters. The van der Waals surface area contributed by atoms with Gasteiger partial charge in [-0.25, -0.2) is 8.78 Å². The number of halogens is 2. The fraction of sp³-hybridized carbons (Fsp3) is 0.438. The first-order valence-corrected chi connectivity index (χ1v) is 13.8. The Morgan fingerprint density at radius 1 is 1.18 bits per heavy atom. The SMILES string of the molecule is CCc1cc(C2=C(/C=C/[C@@H]3C[C@@H](O)CC(=O)O3)C(C)(C)CC(OCCC(=O)Nc3ccc(F)cc3)C2)ccc1F. The summed E-state index contributed by atoms with van der Waals surface area (Å²) >= 11 is 0. The van der Waals surface area contributed by atoms with Gasteiger partial charge in [0.05, 0.1) is 31.7 Å². The quantitative estimate of drug-likeness (QED) is 0.365. The number of nitrogens with one attached hydrogen (secondary N) is 1. The average molecular weight is 554 g/mol. The summed E-state index contributed by atoms with van der Waals surface area (Å²) in [4.78, 5) is 24.2. The second kappa shape index (κ2) is 12.9. The van der Waals surface area contributed by atoms with Crippen LogP contribution < -0.4 is 5.32 Å². The van der Waals surface area contributed by atoms with Crippen LogP contribution >= 0.6 is 0 Å². The van der Waals surface area contributed by atoms with Crippen molar-refractivity contribution >= 4 is 23.1 Å². The van der Waals surface area contributed by atoms with E-state index in [0.717, 1.165) is 16.7 Å². The fourth-order valence-electron chi connectivity index (χ4n) is 5.45. The third kappa shape index (κ3) is 7.64. The van der Waals surface area contributed by atoms with Gasteiger partial charge in [0, 0.05) is 12.1 Å². The summed E-state index contributed by atoms with van der Waals surface area (Å²) in [5.74, 6) is -1.27. The molecule has 4 rings (SSSR count). The Labute approximate surface area is 234 Å². The Bertz CT molecular complexity index is 1280. The lowest BCUT2D eigenvalue weighted by Gasteiger charge is -2.39. The van der Waals surface area contributed by atoms with Crippen molar-refractivity contribution in [2.24, 2.45) is 5.41 Å². The largest absolute Gasteiger partial charge is 0.458 e. The van der Waals surface area contributed by atoms with Crippen molar-refractivity contribution in [3.05, 3.63) is 83.0 Å². The van der Waals surface area contributed by atoms with Gasteiger partial charge in [-0.1, -0.05) is 32.9 Å². The van der Waals surface area contributed by atoms with Gasteiger partial charge < -0.3 is 19.9 Å². The number of benzene rings is 2. The minimum Gasteiger partial charge on any atom is -0.458 e. The second-order valence-corrected chi connectivity index (χ2v) is 11.1. The fourth-order valence-corrected chi connectivity index (χ4v) is 5.45. The van der Waals surface area contributed by atoms with Crippen molar-refractivity contribution in [3.8, 4) is 0 Å². The third-order valence-electron chi connectivity index (χ3n) is 7.48. The van der Waals surface area contributed by atoms with E-state index >= 15 is 0 Å². The van der Waals surface area contributed by atoms with Crippen molar-refractivity contribution in [2.75, 3.05) is 11.9 Å². The zero-order valence-electron chi connectivity index (χ0n) is 23.2. The second-order valence-electron chi connectivity index (χ2n) is 11.1. The van der Waals surface area contributed by atoms with Crippen molar-refractivity contribution in [3.63, 3.8) is 0 Å². The molecule has 6 nitrogen and oxygen atoms in total. The molecule has 0 bridgehead atoms. The Kier molecular flexibility index (Phi) is 9.53. The van der Waals surface area contributed by atoms with Crippen molar-refractivity contribution in [1.82, 2.24) is 0 Å². The smallest absolute Gasteiger partial charge is 0.309 e. The maximum atomic E-state index is 14.4. The van der Waals surface area contributed by atoms with Crippen LogP contribution in [0.5, 0.6) is 0 Å². The van der Waals surface area contributed by atoms with Crippen molar-refractivity contribution in [1.29, 1.82) is 0 Å². The maximum Gasteiger partial charge on any atom is 0.309 e. The van der Waals surface area contributed by atoms with E-state index in [-0.39, 0.29) is 48.5 Å². The molecule has 1 heterocycles. The predicted molar refractivity (Wildman–Crippen MR) is 149 cm³/mol. The highest BCUT2D eigenvalue weighted by Crippen LogP contribution is 2.46. The summed E-state index contributed by atoms with van der Waals surface area (Å²) < 4.78 is 39.1. The van der Waals surface area contributed by atoms with Gasteiger partial charge in [-0.05, 0) is 89.4 Å². The lowest BCUT2D eigenvalue weighted by molar-refractivity contribution is -0.156. The number of anilines is 1. The molecular formula is C32H37F2NO5. The number of cyclic esters (lactones) is 1. The highest BCUT2D eigenvalue weighted by atomic mass is 19.1. The van der Waals surface area contributed by atoms with Crippen molar-refractivity contribution in [2.45, 2.75) is 77.6 Å². The molecule has 1 amide bonds. The summed E-state index contributed by atoms with van der Waals surface area (Å²) in [7, 11) is 0. The lowest BCUT2D eigenvalue weighted by Crippen LogP contribution is -2.32. The molecule has 2 aromatic rings. The highest BCUT2D eigenvalue weighted by molar-refractivity contribution is 5.90. The maximum absolute atomic E-state index is 14.4. The lowest BCUT2D eigenvalue weighted by atomic mass is 9.69. The molecule has 1 fully saturated rings. The summed E-state index contributed by atoms with van der Waals surface area (Å²) in [5.41, 5.74) is 3.73. The van der Waals surface area contributed by atoms with E-state index in [1.807, 2.05) is 25.1 Å². The summed E-state index contributed by atoms with van der Waals surface area (Å²) in [6, 6.07) is 10.7. The number of aliphatic hydroxyl groups is 1. The Morgan fingerprint density at radius 3 is 2.62 bits per heavy atom. The Balaban J connectivity index is 1.52. The summed E-state index contributed by atoms with van der Waals surface area (Å²) in [5, 5.41) is 12.8. The standard InChI is InChI=1S/C32H37F2NO5/c1-4-20-15-21(5-12-29(20)34)27-18-26(39-14-13-30(37)35-23-8-6-22(33)7-9-23)19-32(2,3)28(27)11-10-25-16-24(36)17-31(38)40-25/h5-12,15,24-26,36H,4,13-14,16-19H2,1-3H3,(H,35,37)/b11-10+/t24-,25-,26?/m1/s1. The highest BCUT2D eigenvalue weighted by Gasteiger charge is 2.35. The van der Waals surface area contributed by atoms with Gasteiger partial charge >= 0.3 is 5.97 Å². The number of amides is 1. The average Bonchev–Trinajstić information content (AvgIpc) is 2.88. The minimum absolute atomic E-state index is 0.0000939. The predicted octanol–water partition coefficient (Wildman–Crippen LogP) is 6.14. The van der Waals surface area contributed by atoms with Crippen LogP contribution in [0.25, 0.3) is 5.57 Å². The molecule has 214 valence electrons. The van der Waals surface area contributed by atoms with Crippen LogP contribution in [-0.2, 0) is 25.5 Å². The number of rotatable bonds is 9. The number of esters is 1. The molecule has 0 radical (unpaired) electrons. The number of aryl methyl sites for hydroxylation is 1. The number of carbonyl (C=O) groups is 2. The van der Waals surface area contributed by atoms with Crippen LogP contribution in [0.2, 0.25) is 0 Å². The molecule has 1 aliphatic heterocycles. The first kappa shape index (κ1) is 29.6. The van der Waals surface area contributed by atoms with Gasteiger partial charge in [0.15, 0.2) is 0 Å². The van der Waals surface area contributed by atoms with E-state index < -0.39 is 18.2 Å². The molecule has 2 aromatic carbocycles.